The molecule has 8 heteroatoms. The van der Waals surface area contributed by atoms with E-state index in [-0.39, 0.29) is 11.7 Å². The maximum Gasteiger partial charge on any atom is 0.271 e. The molecule has 2 aliphatic rings. The molecule has 0 spiro atoms. The van der Waals surface area contributed by atoms with Crippen molar-refractivity contribution in [3.63, 3.8) is 0 Å². The summed E-state index contributed by atoms with van der Waals surface area (Å²) in [6.45, 7) is 1.39. The van der Waals surface area contributed by atoms with Crippen LogP contribution in [0.3, 0.4) is 0 Å². The summed E-state index contributed by atoms with van der Waals surface area (Å²) >= 11 is 5.02. The van der Waals surface area contributed by atoms with Gasteiger partial charge in [0.15, 0.2) is 0 Å². The first-order valence-electron chi connectivity index (χ1n) is 11.1. The molecule has 4 aromatic rings. The lowest BCUT2D eigenvalue weighted by molar-refractivity contribution is -0.642. The van der Waals surface area contributed by atoms with E-state index in [4.69, 9.17) is 4.74 Å². The van der Waals surface area contributed by atoms with Crippen LogP contribution in [-0.4, -0.2) is 24.3 Å². The molecule has 168 valence electrons. The molecule has 2 aromatic carbocycles. The second-order valence-corrected chi connectivity index (χ2v) is 11.5. The first kappa shape index (κ1) is 21.2. The maximum atomic E-state index is 13.7. The fourth-order valence-corrected chi connectivity index (χ4v) is 8.05. The molecule has 0 N–H and O–H groups in total. The van der Waals surface area contributed by atoms with Crippen LogP contribution < -0.4 is 24.2 Å². The number of hydrogen-bond donors (Lipinski definition) is 0. The molecule has 2 aromatic heterocycles. The van der Waals surface area contributed by atoms with Crippen LogP contribution in [0, 0.1) is 0 Å². The van der Waals surface area contributed by atoms with Crippen LogP contribution in [0.5, 0.6) is 0 Å². The Hall–Kier alpha value is -2.39. The Kier molecular flexibility index (Phi) is 5.41. The van der Waals surface area contributed by atoms with Crippen molar-refractivity contribution in [2.24, 2.45) is 7.05 Å². The van der Waals surface area contributed by atoms with E-state index in [1.807, 2.05) is 23.7 Å². The van der Waals surface area contributed by atoms with Crippen LogP contribution in [0.15, 0.2) is 58.2 Å². The Labute approximate surface area is 203 Å². The standard InChI is InChI=1S/C25H24N3O2S3/c1-26-17-9-3-5-11-19(17)31-21(26)14-22-28(15-16-8-7-13-30-16)24(29)23(33-22)25-27(2)18-10-4-6-12-20(18)32-25/h3-6,9-12,14,16H,7-8,13,15H2,1-2H3/q+1/b25-23-. The van der Waals surface area contributed by atoms with Gasteiger partial charge in [0.2, 0.25) is 5.52 Å². The van der Waals surface area contributed by atoms with Crippen molar-refractivity contribution in [1.82, 2.24) is 4.57 Å². The Bertz CT molecular complexity index is 1540. The van der Waals surface area contributed by atoms with Crippen molar-refractivity contribution >= 4 is 61.4 Å². The lowest BCUT2D eigenvalue weighted by Gasteiger charge is -2.12. The molecular formula is C25H24N3O2S3+. The predicted octanol–water partition coefficient (Wildman–Crippen LogP) is 3.26. The minimum Gasteiger partial charge on any atom is -0.376 e. The van der Waals surface area contributed by atoms with Gasteiger partial charge in [0.05, 0.1) is 24.4 Å². The number of para-hydroxylation sites is 2. The summed E-state index contributed by atoms with van der Waals surface area (Å²) in [7, 11) is 4.14. The Morgan fingerprint density at radius 1 is 1.15 bits per heavy atom. The lowest BCUT2D eigenvalue weighted by Crippen LogP contribution is -2.37. The van der Waals surface area contributed by atoms with Crippen molar-refractivity contribution in [1.29, 1.82) is 0 Å². The first-order chi connectivity index (χ1) is 16.1. The number of thioether (sulfide) groups is 1. The molecule has 0 radical (unpaired) electrons. The van der Waals surface area contributed by atoms with E-state index in [1.165, 1.54) is 15.1 Å². The van der Waals surface area contributed by atoms with E-state index in [1.54, 1.807) is 34.4 Å². The van der Waals surface area contributed by atoms with E-state index in [2.05, 4.69) is 59.0 Å². The summed E-state index contributed by atoms with van der Waals surface area (Å²) < 4.78 is 13.1. The largest absolute Gasteiger partial charge is 0.376 e. The first-order valence-corrected chi connectivity index (χ1v) is 13.5. The van der Waals surface area contributed by atoms with Crippen LogP contribution in [0.1, 0.15) is 17.8 Å². The third-order valence-electron chi connectivity index (χ3n) is 6.27. The van der Waals surface area contributed by atoms with Gasteiger partial charge in [-0.3, -0.25) is 9.36 Å². The van der Waals surface area contributed by atoms with Crippen molar-refractivity contribution in [2.45, 2.75) is 30.4 Å². The van der Waals surface area contributed by atoms with Crippen molar-refractivity contribution in [2.75, 3.05) is 18.6 Å². The highest BCUT2D eigenvalue weighted by molar-refractivity contribution is 8.08. The quantitative estimate of drug-likeness (QED) is 0.410. The monoisotopic (exact) mass is 494 g/mol. The smallest absolute Gasteiger partial charge is 0.271 e. The van der Waals surface area contributed by atoms with Crippen molar-refractivity contribution < 1.29 is 9.30 Å². The van der Waals surface area contributed by atoms with E-state index in [0.29, 0.717) is 6.54 Å². The molecule has 0 aliphatic carbocycles. The minimum atomic E-state index is 0.0765. The number of hydrogen-bond acceptors (Lipinski definition) is 6. The molecule has 5 nitrogen and oxygen atoms in total. The molecule has 1 unspecified atom stereocenters. The van der Waals surface area contributed by atoms with Gasteiger partial charge in [-0.05, 0) is 31.0 Å². The summed E-state index contributed by atoms with van der Waals surface area (Å²) in [4.78, 5) is 17.1. The van der Waals surface area contributed by atoms with Gasteiger partial charge in [-0.1, -0.05) is 47.4 Å². The second-order valence-electron chi connectivity index (χ2n) is 8.37. The molecule has 0 bridgehead atoms. The van der Waals surface area contributed by atoms with Crippen LogP contribution >= 0.6 is 34.4 Å². The number of rotatable bonds is 3. The fraction of sp³-hybridized carbons (Fsp3) is 0.280. The summed E-state index contributed by atoms with van der Waals surface area (Å²) in [6, 6.07) is 16.7. The lowest BCUT2D eigenvalue weighted by atomic mass is 10.2. The molecule has 2 aliphatic heterocycles. The highest BCUT2D eigenvalue weighted by atomic mass is 32.2. The molecule has 6 rings (SSSR count). The zero-order valence-corrected chi connectivity index (χ0v) is 20.9. The third kappa shape index (κ3) is 3.65. The normalized spacial score (nSPS) is 20.2. The average molecular weight is 495 g/mol. The van der Waals surface area contributed by atoms with Gasteiger partial charge in [-0.25, -0.2) is 0 Å². The SMILES string of the molecule is CN1/C(=c2/s/c(=C\c3sc4ccccc4[n+]3C)n(CC3CCCO3)c2=O)Sc2ccccc21. The number of aromatic nitrogens is 2. The molecule has 0 amide bonds. The highest BCUT2D eigenvalue weighted by Crippen LogP contribution is 2.44. The summed E-state index contributed by atoms with van der Waals surface area (Å²) in [5.74, 6) is 0. The van der Waals surface area contributed by atoms with Gasteiger partial charge < -0.3 is 9.64 Å². The third-order valence-corrected chi connectivity index (χ3v) is 9.92. The van der Waals surface area contributed by atoms with E-state index in [9.17, 15) is 4.79 Å². The number of thiazole rings is 2. The predicted molar refractivity (Wildman–Crippen MR) is 137 cm³/mol. The molecule has 0 saturated carbocycles. The molecule has 1 atom stereocenters. The maximum absolute atomic E-state index is 13.7. The number of nitrogens with zero attached hydrogens (tertiary/aromatic N) is 3. The molecule has 1 saturated heterocycles. The molecule has 33 heavy (non-hydrogen) atoms. The second kappa shape index (κ2) is 8.43. The van der Waals surface area contributed by atoms with Gasteiger partial charge in [-0.2, -0.15) is 4.57 Å². The number of benzene rings is 2. The van der Waals surface area contributed by atoms with E-state index < -0.39 is 0 Å². The summed E-state index contributed by atoms with van der Waals surface area (Å²) in [6.07, 6.45) is 4.34. The Morgan fingerprint density at radius 3 is 2.76 bits per heavy atom. The number of ether oxygens (including phenoxy) is 1. The Morgan fingerprint density at radius 2 is 1.97 bits per heavy atom. The van der Waals surface area contributed by atoms with E-state index >= 15 is 0 Å². The zero-order chi connectivity index (χ0) is 22.5. The van der Waals surface area contributed by atoms with Crippen LogP contribution in [0.4, 0.5) is 5.69 Å². The van der Waals surface area contributed by atoms with Gasteiger partial charge in [0.25, 0.3) is 10.6 Å². The summed E-state index contributed by atoms with van der Waals surface area (Å²) in [5, 5.41) is 2.14. The average Bonchev–Trinajstić information content (AvgIpc) is 3.59. The van der Waals surface area contributed by atoms with Crippen molar-refractivity contribution in [3.05, 3.63) is 73.1 Å². The van der Waals surface area contributed by atoms with Gasteiger partial charge >= 0.3 is 0 Å². The van der Waals surface area contributed by atoms with Crippen molar-refractivity contribution in [3.8, 4) is 0 Å². The Balaban J connectivity index is 1.56. The van der Waals surface area contributed by atoms with E-state index in [0.717, 1.165) is 44.4 Å². The molecular weight excluding hydrogens is 470 g/mol. The highest BCUT2D eigenvalue weighted by Gasteiger charge is 2.26. The van der Waals surface area contributed by atoms with Crippen LogP contribution in [0.2, 0.25) is 0 Å². The molecule has 4 heterocycles. The summed E-state index contributed by atoms with van der Waals surface area (Å²) in [5.41, 5.74) is 2.43. The van der Waals surface area contributed by atoms with Crippen LogP contribution in [0.25, 0.3) is 21.3 Å². The van der Waals surface area contributed by atoms with Crippen LogP contribution in [-0.2, 0) is 18.3 Å². The van der Waals surface area contributed by atoms with Gasteiger partial charge in [-0.15, -0.1) is 11.3 Å². The fourth-order valence-electron chi connectivity index (χ4n) is 4.49. The number of fused-ring (bicyclic) bond motifs is 2. The minimum absolute atomic E-state index is 0.0765. The number of anilines is 1. The van der Waals surface area contributed by atoms with Gasteiger partial charge in [0.1, 0.15) is 26.0 Å². The van der Waals surface area contributed by atoms with Gasteiger partial charge in [0, 0.05) is 24.6 Å². The molecule has 1 fully saturated rings. The topological polar surface area (TPSA) is 38.4 Å². The zero-order valence-electron chi connectivity index (χ0n) is 18.5. The number of aryl methyl sites for hydroxylation is 1.